The molecule has 0 bridgehead atoms. The molecule has 24 heavy (non-hydrogen) atoms. The predicted molar refractivity (Wildman–Crippen MR) is 97.2 cm³/mol. The largest absolute Gasteiger partial charge is 0.349 e. The van der Waals surface area contributed by atoms with Gasteiger partial charge in [-0.2, -0.15) is 9.61 Å². The molecule has 2 aromatic carbocycles. The van der Waals surface area contributed by atoms with Gasteiger partial charge in [-0.25, -0.2) is 0 Å². The first kappa shape index (κ1) is 16.0. The van der Waals surface area contributed by atoms with Crippen LogP contribution in [-0.2, 0) is 6.54 Å². The molecular formula is C18H16ClN5. The summed E-state index contributed by atoms with van der Waals surface area (Å²) in [6.45, 7) is 0.679. The smallest absolute Gasteiger partial charge is 0.246 e. The Morgan fingerprint density at radius 1 is 0.833 bits per heavy atom. The highest BCUT2D eigenvalue weighted by atomic mass is 35.5. The molecule has 0 atom stereocenters. The maximum atomic E-state index is 4.37. The van der Waals surface area contributed by atoms with Crippen molar-refractivity contribution in [1.82, 2.24) is 19.8 Å². The van der Waals surface area contributed by atoms with Crippen molar-refractivity contribution in [2.24, 2.45) is 0 Å². The van der Waals surface area contributed by atoms with E-state index in [1.54, 1.807) is 10.7 Å². The number of fused-ring (bicyclic) bond motifs is 1. The van der Waals surface area contributed by atoms with E-state index in [-0.39, 0.29) is 12.4 Å². The van der Waals surface area contributed by atoms with Crippen LogP contribution in [0.5, 0.6) is 0 Å². The minimum atomic E-state index is 0. The zero-order valence-electron chi connectivity index (χ0n) is 12.8. The molecule has 0 saturated carbocycles. The van der Waals surface area contributed by atoms with Crippen LogP contribution in [0, 0.1) is 0 Å². The maximum Gasteiger partial charge on any atom is 0.246 e. The summed E-state index contributed by atoms with van der Waals surface area (Å²) in [6, 6.07) is 22.3. The van der Waals surface area contributed by atoms with Gasteiger partial charge in [0.05, 0.1) is 0 Å². The van der Waals surface area contributed by atoms with Gasteiger partial charge < -0.3 is 5.32 Å². The molecular weight excluding hydrogens is 322 g/mol. The van der Waals surface area contributed by atoms with Crippen molar-refractivity contribution in [2.45, 2.75) is 6.54 Å². The van der Waals surface area contributed by atoms with E-state index in [0.29, 0.717) is 12.5 Å². The van der Waals surface area contributed by atoms with Crippen molar-refractivity contribution in [3.8, 4) is 11.1 Å². The van der Waals surface area contributed by atoms with Crippen molar-refractivity contribution in [1.29, 1.82) is 0 Å². The van der Waals surface area contributed by atoms with E-state index in [1.165, 1.54) is 5.56 Å². The summed E-state index contributed by atoms with van der Waals surface area (Å²) in [7, 11) is 0. The number of nitrogens with one attached hydrogen (secondary N) is 1. The number of rotatable bonds is 4. The molecule has 120 valence electrons. The Bertz CT molecular complexity index is 922. The van der Waals surface area contributed by atoms with Crippen LogP contribution in [-0.4, -0.2) is 19.8 Å². The highest BCUT2D eigenvalue weighted by Gasteiger charge is 2.11. The molecule has 2 aromatic heterocycles. The summed E-state index contributed by atoms with van der Waals surface area (Å²) in [5.41, 5.74) is 4.04. The van der Waals surface area contributed by atoms with Gasteiger partial charge >= 0.3 is 0 Å². The lowest BCUT2D eigenvalue weighted by atomic mass is 10.1. The fourth-order valence-electron chi connectivity index (χ4n) is 2.54. The third kappa shape index (κ3) is 3.07. The molecule has 0 amide bonds. The Balaban J connectivity index is 0.00000169. The summed E-state index contributed by atoms with van der Waals surface area (Å²) in [4.78, 5) is 0. The third-order valence-electron chi connectivity index (χ3n) is 3.68. The second kappa shape index (κ2) is 7.10. The summed E-state index contributed by atoms with van der Waals surface area (Å²) < 4.78 is 1.74. The zero-order valence-corrected chi connectivity index (χ0v) is 13.6. The highest BCUT2D eigenvalue weighted by molar-refractivity contribution is 5.85. The zero-order chi connectivity index (χ0) is 15.5. The van der Waals surface area contributed by atoms with Crippen LogP contribution in [0.3, 0.4) is 0 Å². The van der Waals surface area contributed by atoms with E-state index < -0.39 is 0 Å². The monoisotopic (exact) mass is 337 g/mol. The molecule has 0 aliphatic rings. The molecule has 0 saturated heterocycles. The molecule has 0 aliphatic heterocycles. The second-order valence-corrected chi connectivity index (χ2v) is 5.21. The molecule has 0 radical (unpaired) electrons. The predicted octanol–water partition coefficient (Wildman–Crippen LogP) is 3.83. The molecule has 0 spiro atoms. The average Bonchev–Trinajstić information content (AvgIpc) is 3.05. The number of nitrogens with zero attached hydrogens (tertiary/aromatic N) is 4. The first-order valence-corrected chi connectivity index (χ1v) is 7.45. The van der Waals surface area contributed by atoms with E-state index >= 15 is 0 Å². The first-order valence-electron chi connectivity index (χ1n) is 7.45. The maximum absolute atomic E-state index is 4.37. The summed E-state index contributed by atoms with van der Waals surface area (Å²) in [5.74, 6) is 0.640. The molecule has 4 rings (SSSR count). The van der Waals surface area contributed by atoms with E-state index in [4.69, 9.17) is 0 Å². The normalized spacial score (nSPS) is 10.3. The Kier molecular flexibility index (Phi) is 4.72. The number of halogens is 1. The molecule has 0 fully saturated rings. The minimum Gasteiger partial charge on any atom is -0.349 e. The first-order chi connectivity index (χ1) is 11.4. The van der Waals surface area contributed by atoms with Gasteiger partial charge in [0, 0.05) is 18.3 Å². The van der Waals surface area contributed by atoms with Gasteiger partial charge in [-0.05, 0) is 17.2 Å². The van der Waals surface area contributed by atoms with Crippen LogP contribution in [0.25, 0.3) is 16.8 Å². The Hall–Kier alpha value is -2.92. The molecule has 4 aromatic rings. The van der Waals surface area contributed by atoms with Gasteiger partial charge in [-0.1, -0.05) is 60.7 Å². The van der Waals surface area contributed by atoms with Crippen LogP contribution in [0.15, 0.2) is 72.9 Å². The van der Waals surface area contributed by atoms with Crippen LogP contribution in [0.4, 0.5) is 5.95 Å². The minimum absolute atomic E-state index is 0. The van der Waals surface area contributed by atoms with Gasteiger partial charge in [0.15, 0.2) is 5.65 Å². The number of aromatic nitrogens is 4. The standard InChI is InChI=1S/C18H15N5.ClH/c1-3-7-14(8-4-1)13-19-18-22-21-17-16(11-12-20-23(17)18)15-9-5-2-6-10-15;/h1-12H,13H2,(H,19,22);1H. The lowest BCUT2D eigenvalue weighted by molar-refractivity contribution is 0.913. The van der Waals surface area contributed by atoms with Gasteiger partial charge in [0.1, 0.15) is 0 Å². The van der Waals surface area contributed by atoms with Gasteiger partial charge in [-0.3, -0.25) is 0 Å². The molecule has 5 nitrogen and oxygen atoms in total. The van der Waals surface area contributed by atoms with Crippen LogP contribution >= 0.6 is 12.4 Å². The Morgan fingerprint density at radius 3 is 2.29 bits per heavy atom. The van der Waals surface area contributed by atoms with Gasteiger partial charge in [0.25, 0.3) is 0 Å². The lowest BCUT2D eigenvalue weighted by Gasteiger charge is -2.05. The average molecular weight is 338 g/mol. The van der Waals surface area contributed by atoms with Crippen LogP contribution in [0.1, 0.15) is 5.56 Å². The molecule has 6 heteroatoms. The van der Waals surface area contributed by atoms with Crippen molar-refractivity contribution in [2.75, 3.05) is 5.32 Å². The van der Waals surface area contributed by atoms with E-state index in [2.05, 4.69) is 44.9 Å². The fraction of sp³-hybridized carbons (Fsp3) is 0.0556. The number of hydrogen-bond donors (Lipinski definition) is 1. The lowest BCUT2D eigenvalue weighted by Crippen LogP contribution is -2.05. The van der Waals surface area contributed by atoms with Crippen LogP contribution < -0.4 is 5.32 Å². The van der Waals surface area contributed by atoms with Gasteiger partial charge in [-0.15, -0.1) is 22.6 Å². The molecule has 2 heterocycles. The van der Waals surface area contributed by atoms with E-state index in [0.717, 1.165) is 16.8 Å². The molecule has 0 aliphatic carbocycles. The Morgan fingerprint density at radius 2 is 1.54 bits per heavy atom. The van der Waals surface area contributed by atoms with Gasteiger partial charge in [0.2, 0.25) is 5.95 Å². The number of anilines is 1. The highest BCUT2D eigenvalue weighted by Crippen LogP contribution is 2.23. The summed E-state index contributed by atoms with van der Waals surface area (Å²) >= 11 is 0. The molecule has 1 N–H and O–H groups in total. The van der Waals surface area contributed by atoms with Crippen LogP contribution in [0.2, 0.25) is 0 Å². The SMILES string of the molecule is Cl.c1ccc(CNc2nnc3c(-c4ccccc4)ccnn23)cc1. The Labute approximate surface area is 145 Å². The topological polar surface area (TPSA) is 55.1 Å². The van der Waals surface area contributed by atoms with Crippen molar-refractivity contribution >= 4 is 24.0 Å². The van der Waals surface area contributed by atoms with Crippen molar-refractivity contribution in [3.63, 3.8) is 0 Å². The summed E-state index contributed by atoms with van der Waals surface area (Å²) in [5, 5.41) is 16.2. The third-order valence-corrected chi connectivity index (χ3v) is 3.68. The summed E-state index contributed by atoms with van der Waals surface area (Å²) in [6.07, 6.45) is 1.77. The van der Waals surface area contributed by atoms with Crippen molar-refractivity contribution in [3.05, 3.63) is 78.5 Å². The fourth-order valence-corrected chi connectivity index (χ4v) is 2.54. The molecule has 0 unspecified atom stereocenters. The van der Waals surface area contributed by atoms with Crippen molar-refractivity contribution < 1.29 is 0 Å². The quantitative estimate of drug-likeness (QED) is 0.615. The number of benzene rings is 2. The van der Waals surface area contributed by atoms with E-state index in [9.17, 15) is 0 Å². The number of hydrogen-bond acceptors (Lipinski definition) is 4. The van der Waals surface area contributed by atoms with E-state index in [1.807, 2.05) is 42.5 Å². The second-order valence-electron chi connectivity index (χ2n) is 5.21.